The zero-order valence-electron chi connectivity index (χ0n) is 8.85. The molecule has 2 heteroatoms. The van der Waals surface area contributed by atoms with Crippen molar-refractivity contribution in [3.05, 3.63) is 0 Å². The molecule has 0 spiro atoms. The summed E-state index contributed by atoms with van der Waals surface area (Å²) in [7, 11) is 2.18. The molecule has 0 radical (unpaired) electrons. The standard InChI is InChI=1S/C10H22N2/c1-5-12(4)10(8-11)6-9(2,3)7-10/h5-8,11H2,1-4H3. The lowest BCUT2D eigenvalue weighted by Gasteiger charge is -2.57. The minimum atomic E-state index is 0.318. The van der Waals surface area contributed by atoms with E-state index in [1.165, 1.54) is 12.8 Å². The lowest BCUT2D eigenvalue weighted by Crippen LogP contribution is -2.63. The second kappa shape index (κ2) is 3.00. The van der Waals surface area contributed by atoms with Gasteiger partial charge in [-0.15, -0.1) is 0 Å². The minimum Gasteiger partial charge on any atom is -0.329 e. The SMILES string of the molecule is CCN(C)C1(CN)CC(C)(C)C1. The van der Waals surface area contributed by atoms with Crippen molar-refractivity contribution in [2.24, 2.45) is 11.1 Å². The first kappa shape index (κ1) is 10.0. The summed E-state index contributed by atoms with van der Waals surface area (Å²) in [4.78, 5) is 2.40. The summed E-state index contributed by atoms with van der Waals surface area (Å²) in [5.74, 6) is 0. The molecule has 2 N–H and O–H groups in total. The van der Waals surface area contributed by atoms with Crippen molar-refractivity contribution in [3.63, 3.8) is 0 Å². The quantitative estimate of drug-likeness (QED) is 0.694. The molecule has 0 atom stereocenters. The van der Waals surface area contributed by atoms with Crippen molar-refractivity contribution in [3.8, 4) is 0 Å². The van der Waals surface area contributed by atoms with Crippen LogP contribution in [0.1, 0.15) is 33.6 Å². The second-order valence-corrected chi connectivity index (χ2v) is 4.96. The van der Waals surface area contributed by atoms with Gasteiger partial charge in [0.2, 0.25) is 0 Å². The molecule has 1 saturated carbocycles. The molecule has 1 aliphatic rings. The highest BCUT2D eigenvalue weighted by Gasteiger charge is 2.50. The van der Waals surface area contributed by atoms with E-state index in [4.69, 9.17) is 5.73 Å². The van der Waals surface area contributed by atoms with Gasteiger partial charge in [0.15, 0.2) is 0 Å². The lowest BCUT2D eigenvalue weighted by molar-refractivity contribution is -0.0458. The van der Waals surface area contributed by atoms with E-state index in [2.05, 4.69) is 32.7 Å². The summed E-state index contributed by atoms with van der Waals surface area (Å²) in [6, 6.07) is 0. The Hall–Kier alpha value is -0.0800. The highest BCUT2D eigenvalue weighted by atomic mass is 15.2. The summed E-state index contributed by atoms with van der Waals surface area (Å²) in [5, 5.41) is 0. The van der Waals surface area contributed by atoms with Gasteiger partial charge in [-0.25, -0.2) is 0 Å². The third-order valence-electron chi connectivity index (χ3n) is 3.28. The molecule has 0 aromatic rings. The van der Waals surface area contributed by atoms with Crippen LogP contribution in [0.3, 0.4) is 0 Å². The highest BCUT2D eigenvalue weighted by molar-refractivity contribution is 5.06. The molecule has 72 valence electrons. The first-order valence-corrected chi connectivity index (χ1v) is 4.87. The van der Waals surface area contributed by atoms with Gasteiger partial charge >= 0.3 is 0 Å². The van der Waals surface area contributed by atoms with Crippen molar-refractivity contribution in [2.75, 3.05) is 20.1 Å². The topological polar surface area (TPSA) is 29.3 Å². The second-order valence-electron chi connectivity index (χ2n) is 4.96. The van der Waals surface area contributed by atoms with E-state index in [-0.39, 0.29) is 0 Å². The fraction of sp³-hybridized carbons (Fsp3) is 1.00. The van der Waals surface area contributed by atoms with Gasteiger partial charge in [-0.05, 0) is 31.8 Å². The van der Waals surface area contributed by atoms with Crippen LogP contribution in [-0.4, -0.2) is 30.6 Å². The molecule has 2 nitrogen and oxygen atoms in total. The van der Waals surface area contributed by atoms with E-state index in [0.717, 1.165) is 13.1 Å². The van der Waals surface area contributed by atoms with Gasteiger partial charge < -0.3 is 5.73 Å². The smallest absolute Gasteiger partial charge is 0.0338 e. The summed E-state index contributed by atoms with van der Waals surface area (Å²) < 4.78 is 0. The monoisotopic (exact) mass is 170 g/mol. The molecular weight excluding hydrogens is 148 g/mol. The molecule has 1 aliphatic carbocycles. The third kappa shape index (κ3) is 1.50. The van der Waals surface area contributed by atoms with Gasteiger partial charge in [0.25, 0.3) is 0 Å². The van der Waals surface area contributed by atoms with Crippen LogP contribution in [0.2, 0.25) is 0 Å². The Morgan fingerprint density at radius 2 is 1.83 bits per heavy atom. The molecule has 1 rings (SSSR count). The van der Waals surface area contributed by atoms with Crippen molar-refractivity contribution in [1.82, 2.24) is 4.90 Å². The highest BCUT2D eigenvalue weighted by Crippen LogP contribution is 2.49. The van der Waals surface area contributed by atoms with Crippen molar-refractivity contribution >= 4 is 0 Å². The maximum atomic E-state index is 5.82. The number of likely N-dealkylation sites (N-methyl/N-ethyl adjacent to an activating group) is 1. The molecule has 12 heavy (non-hydrogen) atoms. The molecule has 0 bridgehead atoms. The summed E-state index contributed by atoms with van der Waals surface area (Å²) in [6.07, 6.45) is 2.50. The van der Waals surface area contributed by atoms with E-state index in [0.29, 0.717) is 11.0 Å². The van der Waals surface area contributed by atoms with Crippen LogP contribution in [-0.2, 0) is 0 Å². The Balaban J connectivity index is 2.58. The van der Waals surface area contributed by atoms with E-state index >= 15 is 0 Å². The number of rotatable bonds is 3. The number of nitrogens with zero attached hydrogens (tertiary/aromatic N) is 1. The molecule has 1 fully saturated rings. The molecular formula is C10H22N2. The van der Waals surface area contributed by atoms with Gasteiger partial charge in [-0.1, -0.05) is 20.8 Å². The van der Waals surface area contributed by atoms with Gasteiger partial charge in [0.1, 0.15) is 0 Å². The van der Waals surface area contributed by atoms with Crippen LogP contribution in [0, 0.1) is 5.41 Å². The van der Waals surface area contributed by atoms with E-state index in [1.807, 2.05) is 0 Å². The Bertz CT molecular complexity index is 155. The van der Waals surface area contributed by atoms with Gasteiger partial charge in [-0.2, -0.15) is 0 Å². The first-order valence-electron chi connectivity index (χ1n) is 4.87. The molecule has 0 aliphatic heterocycles. The Morgan fingerprint density at radius 1 is 1.33 bits per heavy atom. The molecule has 0 saturated heterocycles. The van der Waals surface area contributed by atoms with Crippen LogP contribution < -0.4 is 5.73 Å². The molecule has 0 amide bonds. The summed E-state index contributed by atoms with van der Waals surface area (Å²) in [5.41, 5.74) is 6.66. The number of nitrogens with two attached hydrogens (primary N) is 1. The minimum absolute atomic E-state index is 0.318. The third-order valence-corrected chi connectivity index (χ3v) is 3.28. The predicted octanol–water partition coefficient (Wildman–Crippen LogP) is 1.46. The summed E-state index contributed by atoms with van der Waals surface area (Å²) in [6.45, 7) is 8.76. The van der Waals surface area contributed by atoms with Gasteiger partial charge in [-0.3, -0.25) is 4.90 Å². The zero-order valence-corrected chi connectivity index (χ0v) is 8.85. The van der Waals surface area contributed by atoms with E-state index in [1.54, 1.807) is 0 Å². The van der Waals surface area contributed by atoms with Crippen LogP contribution in [0.5, 0.6) is 0 Å². The van der Waals surface area contributed by atoms with E-state index < -0.39 is 0 Å². The maximum absolute atomic E-state index is 5.82. The Morgan fingerprint density at radius 3 is 2.08 bits per heavy atom. The molecule has 0 aromatic carbocycles. The zero-order chi connectivity index (χ0) is 9.41. The fourth-order valence-electron chi connectivity index (χ4n) is 2.64. The largest absolute Gasteiger partial charge is 0.329 e. The fourth-order valence-corrected chi connectivity index (χ4v) is 2.64. The Labute approximate surface area is 76.1 Å². The van der Waals surface area contributed by atoms with E-state index in [9.17, 15) is 0 Å². The normalized spacial score (nSPS) is 25.5. The van der Waals surface area contributed by atoms with Crippen molar-refractivity contribution in [2.45, 2.75) is 39.2 Å². The molecule has 0 heterocycles. The van der Waals surface area contributed by atoms with Crippen LogP contribution in [0.4, 0.5) is 0 Å². The van der Waals surface area contributed by atoms with Crippen LogP contribution >= 0.6 is 0 Å². The van der Waals surface area contributed by atoms with Crippen molar-refractivity contribution < 1.29 is 0 Å². The lowest BCUT2D eigenvalue weighted by atomic mass is 9.58. The first-order chi connectivity index (χ1) is 5.46. The molecule has 0 aromatic heterocycles. The Kier molecular flexibility index (Phi) is 2.50. The molecule has 0 unspecified atom stereocenters. The van der Waals surface area contributed by atoms with Gasteiger partial charge in [0, 0.05) is 12.1 Å². The van der Waals surface area contributed by atoms with Crippen molar-refractivity contribution in [1.29, 1.82) is 0 Å². The number of hydrogen-bond donors (Lipinski definition) is 1. The predicted molar refractivity (Wildman–Crippen MR) is 53.1 cm³/mol. The van der Waals surface area contributed by atoms with Crippen LogP contribution in [0.25, 0.3) is 0 Å². The summed E-state index contributed by atoms with van der Waals surface area (Å²) >= 11 is 0. The number of hydrogen-bond acceptors (Lipinski definition) is 2. The maximum Gasteiger partial charge on any atom is 0.0338 e. The van der Waals surface area contributed by atoms with Crippen LogP contribution in [0.15, 0.2) is 0 Å². The average Bonchev–Trinajstić information content (AvgIpc) is 1.97. The average molecular weight is 170 g/mol. The van der Waals surface area contributed by atoms with Gasteiger partial charge in [0.05, 0.1) is 0 Å².